The van der Waals surface area contributed by atoms with Crippen LogP contribution in [0.3, 0.4) is 0 Å². The molecule has 3 aliphatic rings. The van der Waals surface area contributed by atoms with Gasteiger partial charge in [-0.2, -0.15) is 5.10 Å². The summed E-state index contributed by atoms with van der Waals surface area (Å²) in [5.41, 5.74) is 1.51. The van der Waals surface area contributed by atoms with Crippen LogP contribution in [0.1, 0.15) is 67.9 Å². The van der Waals surface area contributed by atoms with Gasteiger partial charge in [0.05, 0.1) is 11.8 Å². The molecular formula is C23H37N5O2. The Labute approximate surface area is 180 Å². The van der Waals surface area contributed by atoms with Crippen molar-refractivity contribution >= 4 is 11.8 Å². The van der Waals surface area contributed by atoms with Crippen LogP contribution in [0.5, 0.6) is 0 Å². The highest BCUT2D eigenvalue weighted by molar-refractivity contribution is 5.99. The number of piperidine rings is 1. The van der Waals surface area contributed by atoms with E-state index in [1.165, 1.54) is 6.42 Å². The van der Waals surface area contributed by atoms with E-state index in [2.05, 4.69) is 16.9 Å². The number of aromatic nitrogens is 2. The molecule has 1 aromatic rings. The van der Waals surface area contributed by atoms with Crippen LogP contribution in [-0.4, -0.2) is 81.1 Å². The minimum Gasteiger partial charge on any atom is -0.341 e. The zero-order chi connectivity index (χ0) is 21.4. The normalized spacial score (nSPS) is 27.9. The molecule has 0 aromatic carbocycles. The quantitative estimate of drug-likeness (QED) is 0.758. The fourth-order valence-electron chi connectivity index (χ4n) is 5.86. The molecule has 4 rings (SSSR count). The smallest absolute Gasteiger partial charge is 0.258 e. The number of likely N-dealkylation sites (tertiary alicyclic amines) is 2. The first-order valence-corrected chi connectivity index (χ1v) is 11.7. The average molecular weight is 416 g/mol. The minimum absolute atomic E-state index is 0.0115. The molecule has 0 spiro atoms. The van der Waals surface area contributed by atoms with Gasteiger partial charge < -0.3 is 14.7 Å². The lowest BCUT2D eigenvalue weighted by Crippen LogP contribution is -2.53. The predicted octanol–water partition coefficient (Wildman–Crippen LogP) is 2.44. The molecule has 2 saturated heterocycles. The van der Waals surface area contributed by atoms with Crippen LogP contribution in [0.25, 0.3) is 0 Å². The van der Waals surface area contributed by atoms with Crippen LogP contribution in [0.4, 0.5) is 0 Å². The Morgan fingerprint density at radius 3 is 2.50 bits per heavy atom. The highest BCUT2D eigenvalue weighted by Gasteiger charge is 2.49. The maximum atomic E-state index is 13.7. The second-order valence-electron chi connectivity index (χ2n) is 9.46. The molecule has 0 unspecified atom stereocenters. The number of aryl methyl sites for hydroxylation is 1. The number of carbonyl (C=O) groups excluding carboxylic acids is 2. The molecular weight excluding hydrogens is 378 g/mol. The molecule has 3 atom stereocenters. The average Bonchev–Trinajstić information content (AvgIpc) is 3.32. The van der Waals surface area contributed by atoms with Crippen molar-refractivity contribution in [2.24, 2.45) is 13.0 Å². The number of fused-ring (bicyclic) bond motifs is 1. The summed E-state index contributed by atoms with van der Waals surface area (Å²) in [7, 11) is 3.81. The van der Waals surface area contributed by atoms with E-state index < -0.39 is 0 Å². The summed E-state index contributed by atoms with van der Waals surface area (Å²) in [5.74, 6) is 0.570. The topological polar surface area (TPSA) is 61.7 Å². The van der Waals surface area contributed by atoms with E-state index in [0.29, 0.717) is 11.5 Å². The second-order valence-corrected chi connectivity index (χ2v) is 9.46. The molecule has 0 N–H and O–H groups in total. The molecule has 1 saturated carbocycles. The van der Waals surface area contributed by atoms with Crippen molar-refractivity contribution in [2.45, 2.75) is 76.9 Å². The van der Waals surface area contributed by atoms with E-state index >= 15 is 0 Å². The van der Waals surface area contributed by atoms with Crippen molar-refractivity contribution in [3.05, 3.63) is 17.5 Å². The van der Waals surface area contributed by atoms with Gasteiger partial charge in [0.15, 0.2) is 0 Å². The zero-order valence-corrected chi connectivity index (χ0v) is 19.0. The Morgan fingerprint density at radius 1 is 1.17 bits per heavy atom. The summed E-state index contributed by atoms with van der Waals surface area (Å²) < 4.78 is 1.74. The van der Waals surface area contributed by atoms with E-state index in [0.717, 1.165) is 63.9 Å². The number of amides is 2. The molecule has 30 heavy (non-hydrogen) atoms. The predicted molar refractivity (Wildman–Crippen MR) is 116 cm³/mol. The van der Waals surface area contributed by atoms with Crippen molar-refractivity contribution in [3.63, 3.8) is 0 Å². The molecule has 0 bridgehead atoms. The molecule has 166 valence electrons. The first-order chi connectivity index (χ1) is 14.4. The van der Waals surface area contributed by atoms with Gasteiger partial charge in [0.2, 0.25) is 5.91 Å². The monoisotopic (exact) mass is 415 g/mol. The van der Waals surface area contributed by atoms with Crippen molar-refractivity contribution in [1.29, 1.82) is 0 Å². The van der Waals surface area contributed by atoms with Gasteiger partial charge in [0.25, 0.3) is 5.91 Å². The molecule has 0 radical (unpaired) electrons. The van der Waals surface area contributed by atoms with E-state index in [-0.39, 0.29) is 29.9 Å². The number of hydrogen-bond donors (Lipinski definition) is 0. The summed E-state index contributed by atoms with van der Waals surface area (Å²) in [6, 6.07) is 0.134. The van der Waals surface area contributed by atoms with Crippen LogP contribution < -0.4 is 0 Å². The fourth-order valence-corrected chi connectivity index (χ4v) is 5.86. The number of carbonyl (C=O) groups is 2. The Kier molecular flexibility index (Phi) is 6.19. The summed E-state index contributed by atoms with van der Waals surface area (Å²) in [5, 5.41) is 4.28. The van der Waals surface area contributed by atoms with Gasteiger partial charge in [-0.3, -0.25) is 14.3 Å². The van der Waals surface area contributed by atoms with E-state index in [9.17, 15) is 9.59 Å². The number of rotatable bonds is 4. The van der Waals surface area contributed by atoms with Gasteiger partial charge in [0, 0.05) is 45.0 Å². The Balaban J connectivity index is 1.56. The van der Waals surface area contributed by atoms with Crippen molar-refractivity contribution < 1.29 is 9.59 Å². The lowest BCUT2D eigenvalue weighted by Gasteiger charge is -2.39. The molecule has 2 amide bonds. The zero-order valence-electron chi connectivity index (χ0n) is 19.0. The van der Waals surface area contributed by atoms with Crippen LogP contribution in [0.15, 0.2) is 6.20 Å². The Bertz CT molecular complexity index is 783. The third-order valence-corrected chi connectivity index (χ3v) is 7.97. The molecule has 7 heteroatoms. The highest BCUT2D eigenvalue weighted by Crippen LogP contribution is 2.41. The Morgan fingerprint density at radius 2 is 1.87 bits per heavy atom. The van der Waals surface area contributed by atoms with Crippen molar-refractivity contribution in [2.75, 3.05) is 26.7 Å². The minimum atomic E-state index is -0.334. The first-order valence-electron chi connectivity index (χ1n) is 11.7. The lowest BCUT2D eigenvalue weighted by atomic mass is 9.84. The van der Waals surface area contributed by atoms with E-state index in [1.54, 1.807) is 10.9 Å². The summed E-state index contributed by atoms with van der Waals surface area (Å²) in [6.07, 6.45) is 9.01. The molecule has 3 heterocycles. The third-order valence-electron chi connectivity index (χ3n) is 7.97. The summed E-state index contributed by atoms with van der Waals surface area (Å²) in [6.45, 7) is 7.29. The van der Waals surface area contributed by atoms with Crippen molar-refractivity contribution in [1.82, 2.24) is 24.5 Å². The molecule has 1 aromatic heterocycles. The van der Waals surface area contributed by atoms with E-state index in [1.807, 2.05) is 30.8 Å². The summed E-state index contributed by atoms with van der Waals surface area (Å²) >= 11 is 0. The molecule has 1 aliphatic carbocycles. The van der Waals surface area contributed by atoms with Gasteiger partial charge in [-0.15, -0.1) is 0 Å². The SMILES string of the molecule is CCN1CCC(N(C)C(=O)[C@@H]2C[C@H]3CCCC[C@@H]3N2C(=O)c2cnn(C)c2C)CC1. The fraction of sp³-hybridized carbons (Fsp3) is 0.783. The molecule has 3 fully saturated rings. The maximum Gasteiger partial charge on any atom is 0.258 e. The van der Waals surface area contributed by atoms with Gasteiger partial charge in [-0.1, -0.05) is 19.8 Å². The summed E-state index contributed by atoms with van der Waals surface area (Å²) in [4.78, 5) is 33.7. The van der Waals surface area contributed by atoms with Gasteiger partial charge in [-0.05, 0) is 51.5 Å². The largest absolute Gasteiger partial charge is 0.341 e. The van der Waals surface area contributed by atoms with Crippen molar-refractivity contribution in [3.8, 4) is 0 Å². The van der Waals surface area contributed by atoms with Crippen LogP contribution in [0.2, 0.25) is 0 Å². The molecule has 2 aliphatic heterocycles. The Hall–Kier alpha value is -1.89. The van der Waals surface area contributed by atoms with E-state index in [4.69, 9.17) is 0 Å². The van der Waals surface area contributed by atoms with Crippen LogP contribution >= 0.6 is 0 Å². The number of hydrogen-bond acceptors (Lipinski definition) is 4. The number of nitrogens with zero attached hydrogens (tertiary/aromatic N) is 5. The van der Waals surface area contributed by atoms with Crippen LogP contribution in [-0.2, 0) is 11.8 Å². The van der Waals surface area contributed by atoms with Gasteiger partial charge >= 0.3 is 0 Å². The standard InChI is InChI=1S/C23H37N5O2/c1-5-27-12-10-18(11-13-27)25(3)23(30)21-14-17-8-6-7-9-20(17)28(21)22(29)19-15-24-26(4)16(19)2/h15,17-18,20-21H,5-14H2,1-4H3/t17-,20+,21+/m1/s1. The molecule has 7 nitrogen and oxygen atoms in total. The highest BCUT2D eigenvalue weighted by atomic mass is 16.2. The first kappa shape index (κ1) is 21.3. The maximum absolute atomic E-state index is 13.7. The third kappa shape index (κ3) is 3.77. The lowest BCUT2D eigenvalue weighted by molar-refractivity contribution is -0.137. The second kappa shape index (κ2) is 8.69. The van der Waals surface area contributed by atoms with Crippen LogP contribution in [0, 0.1) is 12.8 Å². The van der Waals surface area contributed by atoms with Gasteiger partial charge in [-0.25, -0.2) is 0 Å². The number of likely N-dealkylation sites (N-methyl/N-ethyl adjacent to an activating group) is 1. The van der Waals surface area contributed by atoms with Gasteiger partial charge in [0.1, 0.15) is 6.04 Å².